The molecule has 0 bridgehead atoms. The molecule has 5 nitrogen and oxygen atoms in total. The first-order valence-electron chi connectivity index (χ1n) is 11.8. The molecule has 5 heteroatoms. The predicted octanol–water partition coefficient (Wildman–Crippen LogP) is 4.28. The smallest absolute Gasteiger partial charge is 0.258 e. The summed E-state index contributed by atoms with van der Waals surface area (Å²) in [4.78, 5) is 30.6. The van der Waals surface area contributed by atoms with Crippen LogP contribution in [0.15, 0.2) is 34.7 Å². The molecule has 164 valence electrons. The zero-order valence-corrected chi connectivity index (χ0v) is 18.5. The summed E-state index contributed by atoms with van der Waals surface area (Å²) < 4.78 is 5.84. The Morgan fingerprint density at radius 3 is 2.74 bits per heavy atom. The van der Waals surface area contributed by atoms with Crippen molar-refractivity contribution in [2.45, 2.75) is 51.9 Å². The van der Waals surface area contributed by atoms with Crippen LogP contribution in [0.2, 0.25) is 0 Å². The van der Waals surface area contributed by atoms with Crippen LogP contribution in [0.1, 0.15) is 69.9 Å². The molecule has 1 amide bonds. The van der Waals surface area contributed by atoms with Crippen molar-refractivity contribution in [3.05, 3.63) is 58.5 Å². The summed E-state index contributed by atoms with van der Waals surface area (Å²) in [5.74, 6) is 1.39. The van der Waals surface area contributed by atoms with Gasteiger partial charge in [-0.3, -0.25) is 9.59 Å². The molecule has 1 atom stereocenters. The molecule has 0 radical (unpaired) electrons. The summed E-state index contributed by atoms with van der Waals surface area (Å²) in [5.41, 5.74) is 2.68. The Balaban J connectivity index is 1.27. The number of nitrogens with zero attached hydrogens (tertiary/aromatic N) is 2. The van der Waals surface area contributed by atoms with Crippen molar-refractivity contribution in [2.75, 3.05) is 32.7 Å². The summed E-state index contributed by atoms with van der Waals surface area (Å²) in [5, 5.41) is 0. The number of ketones is 1. The van der Waals surface area contributed by atoms with E-state index < -0.39 is 0 Å². The SMILES string of the molecule is Cc1oc2c(c1C(=O)N1CCC3(CCCN(CCc4ccccc4)C3)C1)C(=O)CCC2. The number of Topliss-reactive ketones (excluding diaryl/α,β-unsaturated/α-hetero) is 1. The molecule has 1 spiro atoms. The van der Waals surface area contributed by atoms with Gasteiger partial charge in [0.1, 0.15) is 11.5 Å². The van der Waals surface area contributed by atoms with E-state index in [-0.39, 0.29) is 17.1 Å². The zero-order chi connectivity index (χ0) is 21.4. The largest absolute Gasteiger partial charge is 0.465 e. The minimum atomic E-state index is -0.00367. The van der Waals surface area contributed by atoms with Crippen molar-refractivity contribution in [1.82, 2.24) is 9.80 Å². The Morgan fingerprint density at radius 2 is 1.90 bits per heavy atom. The highest BCUT2D eigenvalue weighted by Gasteiger charge is 2.44. The van der Waals surface area contributed by atoms with Gasteiger partial charge in [0.25, 0.3) is 5.91 Å². The van der Waals surface area contributed by atoms with Crippen molar-refractivity contribution in [3.8, 4) is 0 Å². The van der Waals surface area contributed by atoms with E-state index in [1.807, 2.05) is 11.8 Å². The maximum absolute atomic E-state index is 13.5. The number of carbonyl (C=O) groups is 2. The lowest BCUT2D eigenvalue weighted by atomic mass is 9.79. The summed E-state index contributed by atoms with van der Waals surface area (Å²) in [6, 6.07) is 10.7. The van der Waals surface area contributed by atoms with Crippen LogP contribution in [0, 0.1) is 12.3 Å². The number of likely N-dealkylation sites (tertiary alicyclic amines) is 2. The molecule has 31 heavy (non-hydrogen) atoms. The molecule has 2 aliphatic heterocycles. The fourth-order valence-electron chi connectivity index (χ4n) is 5.90. The lowest BCUT2D eigenvalue weighted by molar-refractivity contribution is 0.0687. The zero-order valence-electron chi connectivity index (χ0n) is 18.5. The van der Waals surface area contributed by atoms with Crippen LogP contribution in [0.25, 0.3) is 0 Å². The second-order valence-corrected chi connectivity index (χ2v) is 9.70. The summed E-state index contributed by atoms with van der Waals surface area (Å²) in [7, 11) is 0. The monoisotopic (exact) mass is 420 g/mol. The molecule has 3 aliphatic rings. The summed E-state index contributed by atoms with van der Waals surface area (Å²) in [6.45, 7) is 6.68. The van der Waals surface area contributed by atoms with Crippen LogP contribution in [0.3, 0.4) is 0 Å². The number of aryl methyl sites for hydroxylation is 2. The molecule has 1 aliphatic carbocycles. The number of fused-ring (bicyclic) bond motifs is 1. The number of furan rings is 1. The molecular weight excluding hydrogens is 388 g/mol. The molecule has 2 saturated heterocycles. The molecule has 1 unspecified atom stereocenters. The van der Waals surface area contributed by atoms with Gasteiger partial charge in [0.05, 0.1) is 11.1 Å². The first-order valence-corrected chi connectivity index (χ1v) is 11.8. The molecule has 0 N–H and O–H groups in total. The third-order valence-corrected chi connectivity index (χ3v) is 7.48. The van der Waals surface area contributed by atoms with Gasteiger partial charge in [0, 0.05) is 44.4 Å². The van der Waals surface area contributed by atoms with E-state index >= 15 is 0 Å². The van der Waals surface area contributed by atoms with Gasteiger partial charge in [-0.05, 0) is 51.1 Å². The molecule has 3 heterocycles. The Hall–Kier alpha value is -2.40. The van der Waals surface area contributed by atoms with Gasteiger partial charge in [-0.25, -0.2) is 0 Å². The molecule has 5 rings (SSSR count). The average molecular weight is 421 g/mol. The van der Waals surface area contributed by atoms with E-state index in [9.17, 15) is 9.59 Å². The fraction of sp³-hybridized carbons (Fsp3) is 0.538. The molecule has 1 aromatic carbocycles. The number of rotatable bonds is 4. The summed E-state index contributed by atoms with van der Waals surface area (Å²) >= 11 is 0. The van der Waals surface area contributed by atoms with E-state index in [4.69, 9.17) is 4.42 Å². The molecular formula is C26H32N2O3. The predicted molar refractivity (Wildman–Crippen MR) is 119 cm³/mol. The fourth-order valence-corrected chi connectivity index (χ4v) is 5.90. The molecule has 2 fully saturated rings. The van der Waals surface area contributed by atoms with Crippen molar-refractivity contribution in [2.24, 2.45) is 5.41 Å². The maximum atomic E-state index is 13.5. The first-order chi connectivity index (χ1) is 15.0. The highest BCUT2D eigenvalue weighted by molar-refractivity contribution is 6.10. The lowest BCUT2D eigenvalue weighted by Crippen LogP contribution is -2.46. The lowest BCUT2D eigenvalue weighted by Gasteiger charge is -2.40. The number of hydrogen-bond acceptors (Lipinski definition) is 4. The van der Waals surface area contributed by atoms with Gasteiger partial charge >= 0.3 is 0 Å². The van der Waals surface area contributed by atoms with E-state index in [2.05, 4.69) is 35.2 Å². The quantitative estimate of drug-likeness (QED) is 0.741. The third-order valence-electron chi connectivity index (χ3n) is 7.48. The Morgan fingerprint density at radius 1 is 1.06 bits per heavy atom. The van der Waals surface area contributed by atoms with E-state index in [1.54, 1.807) is 0 Å². The van der Waals surface area contributed by atoms with Crippen LogP contribution in [0.4, 0.5) is 0 Å². The summed E-state index contributed by atoms with van der Waals surface area (Å²) in [6.07, 6.45) is 6.59. The number of amides is 1. The highest BCUT2D eigenvalue weighted by Crippen LogP contribution is 2.40. The molecule has 1 aromatic heterocycles. The molecule has 2 aromatic rings. The van der Waals surface area contributed by atoms with Gasteiger partial charge in [-0.1, -0.05) is 30.3 Å². The standard InChI is InChI=1S/C26H32N2O3/c1-19-23(24-21(29)9-5-10-22(24)31-19)25(30)28-16-13-26(18-28)12-6-14-27(17-26)15-11-20-7-3-2-4-8-20/h2-4,7-8H,5-6,9-18H2,1H3. The van der Waals surface area contributed by atoms with E-state index in [0.29, 0.717) is 23.3 Å². The van der Waals surface area contributed by atoms with Crippen molar-refractivity contribution >= 4 is 11.7 Å². The minimum absolute atomic E-state index is 0.00367. The maximum Gasteiger partial charge on any atom is 0.258 e. The second-order valence-electron chi connectivity index (χ2n) is 9.70. The van der Waals surface area contributed by atoms with Crippen LogP contribution in [-0.2, 0) is 12.8 Å². The van der Waals surface area contributed by atoms with Crippen molar-refractivity contribution in [3.63, 3.8) is 0 Å². The van der Waals surface area contributed by atoms with Crippen LogP contribution in [0.5, 0.6) is 0 Å². The van der Waals surface area contributed by atoms with E-state index in [1.165, 1.54) is 18.4 Å². The number of benzene rings is 1. The van der Waals surface area contributed by atoms with E-state index in [0.717, 1.165) is 64.2 Å². The Labute approximate surface area is 184 Å². The van der Waals surface area contributed by atoms with Gasteiger partial charge in [0.2, 0.25) is 0 Å². The van der Waals surface area contributed by atoms with Gasteiger partial charge < -0.3 is 14.2 Å². The topological polar surface area (TPSA) is 53.8 Å². The normalized spacial score (nSPS) is 24.0. The van der Waals surface area contributed by atoms with Crippen LogP contribution in [-0.4, -0.2) is 54.2 Å². The van der Waals surface area contributed by atoms with Crippen LogP contribution < -0.4 is 0 Å². The first kappa shape index (κ1) is 20.5. The number of carbonyl (C=O) groups excluding carboxylic acids is 2. The average Bonchev–Trinajstić information content (AvgIpc) is 3.34. The second kappa shape index (κ2) is 8.27. The third kappa shape index (κ3) is 3.96. The van der Waals surface area contributed by atoms with Gasteiger partial charge in [-0.15, -0.1) is 0 Å². The Bertz CT molecular complexity index is 980. The minimum Gasteiger partial charge on any atom is -0.465 e. The highest BCUT2D eigenvalue weighted by atomic mass is 16.3. The van der Waals surface area contributed by atoms with Crippen molar-refractivity contribution < 1.29 is 14.0 Å². The van der Waals surface area contributed by atoms with Gasteiger partial charge in [0.15, 0.2) is 5.78 Å². The number of piperidine rings is 1. The van der Waals surface area contributed by atoms with Gasteiger partial charge in [-0.2, -0.15) is 0 Å². The molecule has 0 saturated carbocycles. The van der Waals surface area contributed by atoms with Crippen LogP contribution >= 0.6 is 0 Å². The number of hydrogen-bond donors (Lipinski definition) is 0. The van der Waals surface area contributed by atoms with Crippen molar-refractivity contribution in [1.29, 1.82) is 0 Å². The Kier molecular flexibility index (Phi) is 5.47.